The molecule has 2 aliphatic heterocycles. The summed E-state index contributed by atoms with van der Waals surface area (Å²) in [5, 5.41) is 2.60. The zero-order chi connectivity index (χ0) is 17.1. The minimum Gasteiger partial charge on any atom is -0.481 e. The van der Waals surface area contributed by atoms with Crippen LogP contribution in [0.4, 0.5) is 4.79 Å². The first-order chi connectivity index (χ1) is 11.5. The molecule has 0 aliphatic carbocycles. The van der Waals surface area contributed by atoms with Gasteiger partial charge >= 0.3 is 6.09 Å². The zero-order valence-corrected chi connectivity index (χ0v) is 12.9. The number of benzene rings is 1. The molecule has 3 amide bonds. The van der Waals surface area contributed by atoms with E-state index >= 15 is 0 Å². The smallest absolute Gasteiger partial charge is 0.417 e. The highest BCUT2D eigenvalue weighted by atomic mass is 16.7. The molecule has 128 valence electrons. The van der Waals surface area contributed by atoms with E-state index in [1.165, 1.54) is 0 Å². The number of nitrogens with one attached hydrogen (secondary N) is 1. The first kappa shape index (κ1) is 15.9. The molecule has 9 heteroatoms. The number of carbonyl (C=O) groups is 3. The molecule has 1 aromatic carbocycles. The van der Waals surface area contributed by atoms with Gasteiger partial charge in [0.2, 0.25) is 6.79 Å². The lowest BCUT2D eigenvalue weighted by Gasteiger charge is -2.16. The van der Waals surface area contributed by atoms with Crippen molar-refractivity contribution in [1.82, 2.24) is 10.2 Å². The Kier molecular flexibility index (Phi) is 4.41. The molecule has 2 heterocycles. The van der Waals surface area contributed by atoms with E-state index in [2.05, 4.69) is 10.1 Å². The summed E-state index contributed by atoms with van der Waals surface area (Å²) in [4.78, 5) is 35.6. The third-order valence-corrected chi connectivity index (χ3v) is 3.50. The van der Waals surface area contributed by atoms with Crippen LogP contribution in [0.15, 0.2) is 18.2 Å². The van der Waals surface area contributed by atoms with Gasteiger partial charge in [-0.1, -0.05) is 0 Å². The van der Waals surface area contributed by atoms with Crippen LogP contribution in [0, 0.1) is 0 Å². The van der Waals surface area contributed by atoms with Crippen molar-refractivity contribution in [3.63, 3.8) is 0 Å². The second kappa shape index (κ2) is 6.65. The lowest BCUT2D eigenvalue weighted by Crippen LogP contribution is -2.42. The summed E-state index contributed by atoms with van der Waals surface area (Å²) in [6.45, 7) is 1.67. The van der Waals surface area contributed by atoms with E-state index in [1.807, 2.05) is 0 Å². The Hall–Kier alpha value is -2.97. The van der Waals surface area contributed by atoms with Crippen molar-refractivity contribution in [1.29, 1.82) is 0 Å². The molecule has 0 spiro atoms. The van der Waals surface area contributed by atoms with Gasteiger partial charge in [-0.2, -0.15) is 0 Å². The Morgan fingerprint density at radius 1 is 1.29 bits per heavy atom. The van der Waals surface area contributed by atoms with Gasteiger partial charge < -0.3 is 24.3 Å². The van der Waals surface area contributed by atoms with Crippen molar-refractivity contribution in [2.24, 2.45) is 0 Å². The van der Waals surface area contributed by atoms with Crippen LogP contribution in [0.25, 0.3) is 0 Å². The molecular formula is C15H16N2O7. The van der Waals surface area contributed by atoms with Crippen molar-refractivity contribution in [3.05, 3.63) is 18.2 Å². The van der Waals surface area contributed by atoms with Crippen molar-refractivity contribution < 1.29 is 33.3 Å². The fourth-order valence-electron chi connectivity index (χ4n) is 2.24. The molecule has 9 nitrogen and oxygen atoms in total. The molecule has 0 bridgehead atoms. The minimum absolute atomic E-state index is 0.0557. The number of rotatable bonds is 6. The third-order valence-electron chi connectivity index (χ3n) is 3.50. The molecule has 1 atom stereocenters. The van der Waals surface area contributed by atoms with Gasteiger partial charge in [-0.05, 0) is 19.1 Å². The van der Waals surface area contributed by atoms with Crippen LogP contribution in [0.3, 0.4) is 0 Å². The van der Waals surface area contributed by atoms with E-state index in [-0.39, 0.29) is 32.4 Å². The van der Waals surface area contributed by atoms with E-state index in [9.17, 15) is 14.4 Å². The highest BCUT2D eigenvalue weighted by molar-refractivity contribution is 5.97. The van der Waals surface area contributed by atoms with Crippen molar-refractivity contribution >= 4 is 17.9 Å². The van der Waals surface area contributed by atoms with Gasteiger partial charge in [0.25, 0.3) is 11.8 Å². The Morgan fingerprint density at radius 3 is 2.83 bits per heavy atom. The highest BCUT2D eigenvalue weighted by Gasteiger charge is 2.30. The number of cyclic esters (lactones) is 1. The van der Waals surface area contributed by atoms with Gasteiger partial charge in [0.15, 0.2) is 24.2 Å². The minimum atomic E-state index is -0.758. The monoisotopic (exact) mass is 336 g/mol. The second-order valence-electron chi connectivity index (χ2n) is 5.17. The molecule has 2 aliphatic rings. The molecule has 1 N–H and O–H groups in total. The second-order valence-corrected chi connectivity index (χ2v) is 5.17. The molecule has 24 heavy (non-hydrogen) atoms. The van der Waals surface area contributed by atoms with Crippen LogP contribution in [-0.2, 0) is 14.3 Å². The standard InChI is InChI=1S/C15H16N2O7/c1-9(24-10-2-3-11-12(6-10)23-8-22-11)14(19)16-4-5-17-13(18)7-21-15(17)20/h2-3,6,9H,4-5,7-8H2,1H3,(H,16,19). The van der Waals surface area contributed by atoms with Gasteiger partial charge in [-0.3, -0.25) is 9.59 Å². The maximum absolute atomic E-state index is 12.0. The van der Waals surface area contributed by atoms with Gasteiger partial charge in [-0.15, -0.1) is 0 Å². The third kappa shape index (κ3) is 3.34. The average Bonchev–Trinajstić information content (AvgIpc) is 3.15. The summed E-state index contributed by atoms with van der Waals surface area (Å²) in [6, 6.07) is 5.02. The van der Waals surface area contributed by atoms with Gasteiger partial charge in [-0.25, -0.2) is 9.69 Å². The number of amides is 3. The van der Waals surface area contributed by atoms with Gasteiger partial charge in [0, 0.05) is 19.2 Å². The Bertz CT molecular complexity index is 660. The van der Waals surface area contributed by atoms with E-state index in [1.54, 1.807) is 25.1 Å². The summed E-state index contributed by atoms with van der Waals surface area (Å²) in [7, 11) is 0. The number of nitrogens with zero attached hydrogens (tertiary/aromatic N) is 1. The molecular weight excluding hydrogens is 320 g/mol. The van der Waals surface area contributed by atoms with Crippen LogP contribution in [0.5, 0.6) is 17.2 Å². The maximum atomic E-state index is 12.0. The molecule has 3 rings (SSSR count). The lowest BCUT2D eigenvalue weighted by molar-refractivity contribution is -0.128. The largest absolute Gasteiger partial charge is 0.481 e. The first-order valence-electron chi connectivity index (χ1n) is 7.36. The summed E-state index contributed by atoms with van der Waals surface area (Å²) >= 11 is 0. The maximum Gasteiger partial charge on any atom is 0.417 e. The number of fused-ring (bicyclic) bond motifs is 1. The number of hydrogen-bond donors (Lipinski definition) is 1. The van der Waals surface area contributed by atoms with Crippen LogP contribution < -0.4 is 19.5 Å². The predicted molar refractivity (Wildman–Crippen MR) is 78.7 cm³/mol. The van der Waals surface area contributed by atoms with E-state index in [4.69, 9.17) is 14.2 Å². The number of hydrogen-bond acceptors (Lipinski definition) is 7. The van der Waals surface area contributed by atoms with Crippen molar-refractivity contribution in [2.45, 2.75) is 13.0 Å². The fourth-order valence-corrected chi connectivity index (χ4v) is 2.24. The molecule has 1 saturated heterocycles. The highest BCUT2D eigenvalue weighted by Crippen LogP contribution is 2.35. The molecule has 0 radical (unpaired) electrons. The molecule has 0 aromatic heterocycles. The fraction of sp³-hybridized carbons (Fsp3) is 0.400. The summed E-state index contributed by atoms with van der Waals surface area (Å²) < 4.78 is 20.6. The Morgan fingerprint density at radius 2 is 2.08 bits per heavy atom. The zero-order valence-electron chi connectivity index (χ0n) is 12.9. The average molecular weight is 336 g/mol. The first-order valence-corrected chi connectivity index (χ1v) is 7.36. The predicted octanol–water partition coefficient (Wildman–Crippen LogP) is 0.278. The Labute approximate surface area is 137 Å². The number of carbonyl (C=O) groups excluding carboxylic acids is 3. The van der Waals surface area contributed by atoms with Crippen LogP contribution in [-0.4, -0.2) is 55.4 Å². The molecule has 1 aromatic rings. The van der Waals surface area contributed by atoms with Gasteiger partial charge in [0.05, 0.1) is 0 Å². The van der Waals surface area contributed by atoms with E-state index in [0.717, 1.165) is 4.90 Å². The van der Waals surface area contributed by atoms with Gasteiger partial charge in [0.1, 0.15) is 5.75 Å². The lowest BCUT2D eigenvalue weighted by atomic mass is 10.3. The number of imide groups is 1. The van der Waals surface area contributed by atoms with Crippen molar-refractivity contribution in [2.75, 3.05) is 26.5 Å². The Balaban J connectivity index is 1.46. The summed E-state index contributed by atoms with van der Waals surface area (Å²) in [6.07, 6.45) is -1.45. The molecule has 0 saturated carbocycles. The van der Waals surface area contributed by atoms with E-state index in [0.29, 0.717) is 17.2 Å². The summed E-state index contributed by atoms with van der Waals surface area (Å²) in [5.74, 6) is 0.875. The molecule has 1 unspecified atom stereocenters. The topological polar surface area (TPSA) is 103 Å². The number of ether oxygens (including phenoxy) is 4. The quantitative estimate of drug-likeness (QED) is 0.795. The van der Waals surface area contributed by atoms with Crippen molar-refractivity contribution in [3.8, 4) is 17.2 Å². The van der Waals surface area contributed by atoms with E-state index < -0.39 is 18.1 Å². The SMILES string of the molecule is CC(Oc1ccc2c(c1)OCO2)C(=O)NCCN1C(=O)COC1=O. The van der Waals surface area contributed by atoms with Crippen LogP contribution in [0.2, 0.25) is 0 Å². The normalized spacial score (nSPS) is 16.8. The summed E-state index contributed by atoms with van der Waals surface area (Å²) in [5.41, 5.74) is 0. The molecule has 1 fully saturated rings. The van der Waals surface area contributed by atoms with Crippen LogP contribution >= 0.6 is 0 Å². The van der Waals surface area contributed by atoms with Crippen LogP contribution in [0.1, 0.15) is 6.92 Å².